The van der Waals surface area contributed by atoms with Gasteiger partial charge in [-0.05, 0) is 99.0 Å². The van der Waals surface area contributed by atoms with Crippen molar-refractivity contribution in [1.29, 1.82) is 0 Å². The number of nitrogens with one attached hydrogen (secondary N) is 1. The van der Waals surface area contributed by atoms with Crippen LogP contribution in [0.4, 0.5) is 0 Å². The summed E-state index contributed by atoms with van der Waals surface area (Å²) < 4.78 is 0. The molecule has 2 unspecified atom stereocenters. The van der Waals surface area contributed by atoms with Gasteiger partial charge in [0.1, 0.15) is 6.04 Å². The van der Waals surface area contributed by atoms with Gasteiger partial charge in [-0.3, -0.25) is 9.69 Å². The predicted molar refractivity (Wildman–Crippen MR) is 161 cm³/mol. The second-order valence-electron chi connectivity index (χ2n) is 11.3. The maximum atomic E-state index is 13.4. The maximum Gasteiger partial charge on any atom is 0.326 e. The molecule has 4 rings (SSSR count). The van der Waals surface area contributed by atoms with Crippen LogP contribution in [0, 0.1) is 6.92 Å². The molecule has 1 saturated carbocycles. The van der Waals surface area contributed by atoms with Gasteiger partial charge < -0.3 is 15.3 Å². The molecule has 1 saturated heterocycles. The molecule has 39 heavy (non-hydrogen) atoms. The van der Waals surface area contributed by atoms with E-state index in [1.165, 1.54) is 50.5 Å². The predicted octanol–water partition coefficient (Wildman–Crippen LogP) is 5.83. The lowest BCUT2D eigenvalue weighted by molar-refractivity contribution is -0.139. The first kappa shape index (κ1) is 29.6. The van der Waals surface area contributed by atoms with Crippen molar-refractivity contribution in [2.45, 2.75) is 83.0 Å². The van der Waals surface area contributed by atoms with Crippen LogP contribution in [-0.2, 0) is 11.3 Å². The van der Waals surface area contributed by atoms with Crippen molar-refractivity contribution in [3.8, 4) is 11.1 Å². The lowest BCUT2D eigenvalue weighted by atomic mass is 9.93. The Bertz CT molecular complexity index is 1120. The minimum Gasteiger partial charge on any atom is -0.480 e. The third kappa shape index (κ3) is 7.86. The molecule has 2 aromatic rings. The molecular weight excluding hydrogens is 506 g/mol. The molecule has 1 heterocycles. The van der Waals surface area contributed by atoms with E-state index in [4.69, 9.17) is 0 Å². The van der Waals surface area contributed by atoms with Gasteiger partial charge in [0.2, 0.25) is 0 Å². The van der Waals surface area contributed by atoms with E-state index in [-0.39, 0.29) is 5.91 Å². The highest BCUT2D eigenvalue weighted by Crippen LogP contribution is 2.30. The van der Waals surface area contributed by atoms with Crippen LogP contribution in [0.1, 0.15) is 72.9 Å². The first-order chi connectivity index (χ1) is 18.9. The highest BCUT2D eigenvalue weighted by molar-refractivity contribution is 7.98. The number of likely N-dealkylation sites (N-methyl/N-ethyl adjacent to an activating group) is 1. The zero-order chi connectivity index (χ0) is 27.8. The van der Waals surface area contributed by atoms with Gasteiger partial charge in [-0.2, -0.15) is 11.8 Å². The highest BCUT2D eigenvalue weighted by Gasteiger charge is 2.29. The lowest BCUT2D eigenvalue weighted by Gasteiger charge is -2.35. The Labute approximate surface area is 238 Å². The monoisotopic (exact) mass is 551 g/mol. The number of carbonyl (C=O) groups excluding carboxylic acids is 1. The number of likely N-dealkylation sites (tertiary alicyclic amines) is 1. The number of carboxylic acid groups (broad SMARTS) is 1. The Morgan fingerprint density at radius 3 is 2.56 bits per heavy atom. The summed E-state index contributed by atoms with van der Waals surface area (Å²) in [6, 6.07) is 14.6. The quantitative estimate of drug-likeness (QED) is 0.346. The molecule has 2 fully saturated rings. The van der Waals surface area contributed by atoms with Gasteiger partial charge in [0.25, 0.3) is 5.91 Å². The molecular formula is C32H45N3O3S. The average molecular weight is 552 g/mol. The van der Waals surface area contributed by atoms with E-state index in [2.05, 4.69) is 47.3 Å². The molecule has 1 amide bonds. The number of hydrogen-bond acceptors (Lipinski definition) is 5. The summed E-state index contributed by atoms with van der Waals surface area (Å²) in [6.07, 6.45) is 11.5. The van der Waals surface area contributed by atoms with Crippen molar-refractivity contribution >= 4 is 23.6 Å². The van der Waals surface area contributed by atoms with E-state index in [0.29, 0.717) is 23.8 Å². The first-order valence-electron chi connectivity index (χ1n) is 14.5. The molecule has 212 valence electrons. The molecule has 0 radical (unpaired) electrons. The number of benzene rings is 2. The largest absolute Gasteiger partial charge is 0.480 e. The fourth-order valence-electron chi connectivity index (χ4n) is 6.26. The Morgan fingerprint density at radius 1 is 1.08 bits per heavy atom. The van der Waals surface area contributed by atoms with E-state index in [1.54, 1.807) is 11.8 Å². The van der Waals surface area contributed by atoms with Crippen molar-refractivity contribution in [1.82, 2.24) is 15.1 Å². The van der Waals surface area contributed by atoms with Gasteiger partial charge >= 0.3 is 5.97 Å². The second kappa shape index (κ2) is 14.3. The molecule has 6 nitrogen and oxygen atoms in total. The minimum atomic E-state index is -0.996. The molecule has 7 heteroatoms. The Hall–Kier alpha value is -2.35. The zero-order valence-electron chi connectivity index (χ0n) is 23.8. The Balaban J connectivity index is 1.54. The number of aliphatic carboxylic acids is 1. The standard InChI is InChI=1S/C32H45N3O3S/c1-23-10-7-8-14-27(23)29-20-24(15-16-28(29)31(36)33-30(32(37)38)17-19-39-3)21-35-18-9-13-26(35)22-34(2)25-11-5-4-6-12-25/h7-8,10,14-16,20,25-26,30H,4-6,9,11-13,17-19,21-22H2,1-3H3,(H,33,36)(H,37,38). The second-order valence-corrected chi connectivity index (χ2v) is 12.3. The first-order valence-corrected chi connectivity index (χ1v) is 15.9. The summed E-state index contributed by atoms with van der Waals surface area (Å²) in [5.41, 5.74) is 4.68. The SMILES string of the molecule is CSCCC(NC(=O)c1ccc(CN2CCCC2CN(C)C2CCCCC2)cc1-c1ccccc1C)C(=O)O. The smallest absolute Gasteiger partial charge is 0.326 e. The average Bonchev–Trinajstić information content (AvgIpc) is 3.37. The molecule has 0 bridgehead atoms. The third-order valence-electron chi connectivity index (χ3n) is 8.56. The number of carboxylic acids is 1. The summed E-state index contributed by atoms with van der Waals surface area (Å²) >= 11 is 1.58. The maximum absolute atomic E-state index is 13.4. The van der Waals surface area contributed by atoms with Crippen LogP contribution in [0.5, 0.6) is 0 Å². The molecule has 1 aliphatic heterocycles. The molecule has 2 aliphatic rings. The van der Waals surface area contributed by atoms with Crippen LogP contribution in [-0.4, -0.2) is 77.1 Å². The fraction of sp³-hybridized carbons (Fsp3) is 0.562. The topological polar surface area (TPSA) is 72.9 Å². The van der Waals surface area contributed by atoms with Crippen molar-refractivity contribution in [2.75, 3.05) is 32.1 Å². The van der Waals surface area contributed by atoms with E-state index >= 15 is 0 Å². The van der Waals surface area contributed by atoms with Crippen LogP contribution in [0.25, 0.3) is 11.1 Å². The molecule has 0 spiro atoms. The fourth-order valence-corrected chi connectivity index (χ4v) is 6.73. The van der Waals surface area contributed by atoms with Crippen molar-refractivity contribution in [3.63, 3.8) is 0 Å². The van der Waals surface area contributed by atoms with Gasteiger partial charge in [-0.1, -0.05) is 49.6 Å². The van der Waals surface area contributed by atoms with E-state index in [1.807, 2.05) is 30.5 Å². The van der Waals surface area contributed by atoms with Crippen molar-refractivity contribution < 1.29 is 14.7 Å². The molecule has 1 aliphatic carbocycles. The van der Waals surface area contributed by atoms with E-state index < -0.39 is 12.0 Å². The number of hydrogen-bond donors (Lipinski definition) is 2. The number of rotatable bonds is 12. The highest BCUT2D eigenvalue weighted by atomic mass is 32.2. The number of thioether (sulfide) groups is 1. The van der Waals surface area contributed by atoms with Crippen LogP contribution in [0.2, 0.25) is 0 Å². The van der Waals surface area contributed by atoms with Crippen LogP contribution < -0.4 is 5.32 Å². The van der Waals surface area contributed by atoms with Crippen molar-refractivity contribution in [3.05, 3.63) is 59.2 Å². The number of amides is 1. The van der Waals surface area contributed by atoms with Crippen LogP contribution in [0.15, 0.2) is 42.5 Å². The summed E-state index contributed by atoms with van der Waals surface area (Å²) in [7, 11) is 2.31. The van der Waals surface area contributed by atoms with Gasteiger partial charge in [-0.25, -0.2) is 4.79 Å². The summed E-state index contributed by atoms with van der Waals surface area (Å²) in [4.78, 5) is 30.4. The van der Waals surface area contributed by atoms with Crippen LogP contribution >= 0.6 is 11.8 Å². The van der Waals surface area contributed by atoms with Gasteiger partial charge in [0.15, 0.2) is 0 Å². The molecule has 2 aromatic carbocycles. The van der Waals surface area contributed by atoms with Gasteiger partial charge in [0.05, 0.1) is 0 Å². The van der Waals surface area contributed by atoms with E-state index in [9.17, 15) is 14.7 Å². The molecule has 0 aromatic heterocycles. The minimum absolute atomic E-state index is 0.332. The lowest BCUT2D eigenvalue weighted by Crippen LogP contribution is -2.43. The van der Waals surface area contributed by atoms with Crippen LogP contribution in [0.3, 0.4) is 0 Å². The zero-order valence-corrected chi connectivity index (χ0v) is 24.6. The number of carbonyl (C=O) groups is 2. The molecule has 2 atom stereocenters. The van der Waals surface area contributed by atoms with Crippen molar-refractivity contribution in [2.24, 2.45) is 0 Å². The third-order valence-corrected chi connectivity index (χ3v) is 9.20. The number of nitrogens with zero attached hydrogens (tertiary/aromatic N) is 2. The van der Waals surface area contributed by atoms with Gasteiger partial charge in [0, 0.05) is 30.7 Å². The Kier molecular flexibility index (Phi) is 10.9. The normalized spacial score (nSPS) is 19.3. The summed E-state index contributed by atoms with van der Waals surface area (Å²) in [5.74, 6) is -0.653. The van der Waals surface area contributed by atoms with Gasteiger partial charge in [-0.15, -0.1) is 0 Å². The Morgan fingerprint density at radius 2 is 1.85 bits per heavy atom. The van der Waals surface area contributed by atoms with E-state index in [0.717, 1.165) is 42.4 Å². The number of aryl methyl sites for hydroxylation is 1. The summed E-state index contributed by atoms with van der Waals surface area (Å²) in [5, 5.41) is 12.4. The molecule has 2 N–H and O–H groups in total. The summed E-state index contributed by atoms with van der Waals surface area (Å²) in [6.45, 7) is 5.12.